The predicted octanol–water partition coefficient (Wildman–Crippen LogP) is 4.91. The second-order valence-corrected chi connectivity index (χ2v) is 5.59. The molecule has 0 aliphatic carbocycles. The lowest BCUT2D eigenvalue weighted by Crippen LogP contribution is -2.12. The van der Waals surface area contributed by atoms with Gasteiger partial charge < -0.3 is 9.73 Å². The average Bonchev–Trinajstić information content (AvgIpc) is 2.66. The van der Waals surface area contributed by atoms with E-state index in [2.05, 4.69) is 35.1 Å². The molecular formula is C14H17BrClNO. The van der Waals surface area contributed by atoms with E-state index in [1.54, 1.807) is 0 Å². The molecule has 0 spiro atoms. The third-order valence-electron chi connectivity index (χ3n) is 2.93. The Morgan fingerprint density at radius 3 is 2.78 bits per heavy atom. The number of hydrogen-bond donors (Lipinski definition) is 1. The Balaban J connectivity index is 2.55. The molecule has 0 saturated carbocycles. The summed E-state index contributed by atoms with van der Waals surface area (Å²) in [5, 5.41) is 5.18. The van der Waals surface area contributed by atoms with Gasteiger partial charge in [0.15, 0.2) is 0 Å². The first-order valence-electron chi connectivity index (χ1n) is 6.27. The molecule has 0 fully saturated rings. The first kappa shape index (κ1) is 13.9. The number of nitrogens with one attached hydrogen (secondary N) is 1. The maximum absolute atomic E-state index is 6.12. The molecule has 1 heterocycles. The number of hydrogen-bond acceptors (Lipinski definition) is 2. The van der Waals surface area contributed by atoms with E-state index < -0.39 is 0 Å². The van der Waals surface area contributed by atoms with Crippen molar-refractivity contribution in [2.45, 2.75) is 33.2 Å². The number of fused-ring (bicyclic) bond motifs is 1. The van der Waals surface area contributed by atoms with Gasteiger partial charge in [0, 0.05) is 16.0 Å². The zero-order valence-corrected chi connectivity index (χ0v) is 13.0. The standard InChI is InChI=1S/C14H17BrClNO/c1-3-5-10-11-6-9(16)7-12(15)14(11)18-13(10)8-17-4-2/h6-7,17H,3-5,8H2,1-2H3. The summed E-state index contributed by atoms with van der Waals surface area (Å²) in [5.41, 5.74) is 2.17. The molecule has 0 aliphatic rings. The molecule has 2 rings (SSSR count). The van der Waals surface area contributed by atoms with E-state index in [0.29, 0.717) is 0 Å². The van der Waals surface area contributed by atoms with Gasteiger partial charge in [0.1, 0.15) is 11.3 Å². The first-order valence-corrected chi connectivity index (χ1v) is 7.44. The molecular weight excluding hydrogens is 314 g/mol. The molecule has 2 nitrogen and oxygen atoms in total. The van der Waals surface area contributed by atoms with Crippen molar-refractivity contribution in [3.8, 4) is 0 Å². The van der Waals surface area contributed by atoms with Gasteiger partial charge in [-0.1, -0.05) is 31.9 Å². The van der Waals surface area contributed by atoms with Crippen LogP contribution in [0.25, 0.3) is 11.0 Å². The molecule has 18 heavy (non-hydrogen) atoms. The summed E-state index contributed by atoms with van der Waals surface area (Å²) in [6.45, 7) is 5.97. The van der Waals surface area contributed by atoms with Crippen LogP contribution in [0.1, 0.15) is 31.6 Å². The van der Waals surface area contributed by atoms with Gasteiger partial charge in [0.2, 0.25) is 0 Å². The molecule has 0 saturated heterocycles. The second-order valence-electron chi connectivity index (χ2n) is 4.30. The Bertz CT molecular complexity index is 550. The number of benzene rings is 1. The minimum absolute atomic E-state index is 0.738. The highest BCUT2D eigenvalue weighted by Crippen LogP contribution is 2.35. The summed E-state index contributed by atoms with van der Waals surface area (Å²) in [6, 6.07) is 3.87. The molecule has 1 aromatic heterocycles. The third-order valence-corrected chi connectivity index (χ3v) is 3.74. The molecule has 1 N–H and O–H groups in total. The number of aryl methyl sites for hydroxylation is 1. The summed E-state index contributed by atoms with van der Waals surface area (Å²) < 4.78 is 6.89. The van der Waals surface area contributed by atoms with Gasteiger partial charge in [0.25, 0.3) is 0 Å². The molecule has 2 aromatic rings. The van der Waals surface area contributed by atoms with Crippen LogP contribution >= 0.6 is 27.5 Å². The summed E-state index contributed by atoms with van der Waals surface area (Å²) in [6.07, 6.45) is 2.11. The van der Waals surface area contributed by atoms with Crippen LogP contribution in [0, 0.1) is 0 Å². The lowest BCUT2D eigenvalue weighted by atomic mass is 10.1. The molecule has 0 atom stereocenters. The topological polar surface area (TPSA) is 25.2 Å². The number of halogens is 2. The van der Waals surface area contributed by atoms with E-state index >= 15 is 0 Å². The fourth-order valence-corrected chi connectivity index (χ4v) is 3.02. The van der Waals surface area contributed by atoms with Crippen molar-refractivity contribution in [3.63, 3.8) is 0 Å². The molecule has 1 aromatic carbocycles. The summed E-state index contributed by atoms with van der Waals surface area (Å²) >= 11 is 9.64. The third kappa shape index (κ3) is 2.73. The van der Waals surface area contributed by atoms with Crippen molar-refractivity contribution in [3.05, 3.63) is 33.0 Å². The van der Waals surface area contributed by atoms with Gasteiger partial charge in [-0.05, 0) is 41.0 Å². The molecule has 0 amide bonds. The van der Waals surface area contributed by atoms with Gasteiger partial charge in [-0.2, -0.15) is 0 Å². The number of furan rings is 1. The van der Waals surface area contributed by atoms with E-state index in [1.165, 1.54) is 5.56 Å². The Morgan fingerprint density at radius 1 is 1.33 bits per heavy atom. The van der Waals surface area contributed by atoms with Gasteiger partial charge in [0.05, 0.1) is 11.0 Å². The van der Waals surface area contributed by atoms with E-state index in [0.717, 1.165) is 52.2 Å². The molecule has 0 bridgehead atoms. The lowest BCUT2D eigenvalue weighted by Gasteiger charge is -2.02. The van der Waals surface area contributed by atoms with Gasteiger partial charge >= 0.3 is 0 Å². The highest BCUT2D eigenvalue weighted by molar-refractivity contribution is 9.10. The van der Waals surface area contributed by atoms with E-state index in [-0.39, 0.29) is 0 Å². The molecule has 4 heteroatoms. The number of rotatable bonds is 5. The minimum Gasteiger partial charge on any atom is -0.458 e. The van der Waals surface area contributed by atoms with Crippen LogP contribution in [0.5, 0.6) is 0 Å². The van der Waals surface area contributed by atoms with Crippen molar-refractivity contribution in [2.75, 3.05) is 6.54 Å². The van der Waals surface area contributed by atoms with Crippen LogP contribution in [0.15, 0.2) is 21.0 Å². The normalized spacial score (nSPS) is 11.3. The molecule has 0 aliphatic heterocycles. The zero-order valence-electron chi connectivity index (χ0n) is 10.6. The van der Waals surface area contributed by atoms with Crippen LogP contribution in [-0.2, 0) is 13.0 Å². The van der Waals surface area contributed by atoms with E-state index in [1.807, 2.05) is 12.1 Å². The van der Waals surface area contributed by atoms with Gasteiger partial charge in [-0.3, -0.25) is 0 Å². The van der Waals surface area contributed by atoms with Gasteiger partial charge in [-0.15, -0.1) is 0 Å². The average molecular weight is 331 g/mol. The highest BCUT2D eigenvalue weighted by Gasteiger charge is 2.15. The van der Waals surface area contributed by atoms with E-state index in [9.17, 15) is 0 Å². The lowest BCUT2D eigenvalue weighted by molar-refractivity contribution is 0.512. The molecule has 98 valence electrons. The predicted molar refractivity (Wildman–Crippen MR) is 80.3 cm³/mol. The summed E-state index contributed by atoms with van der Waals surface area (Å²) in [7, 11) is 0. The van der Waals surface area contributed by atoms with Crippen molar-refractivity contribution in [2.24, 2.45) is 0 Å². The maximum Gasteiger partial charge on any atom is 0.148 e. The molecule has 0 unspecified atom stereocenters. The Hall–Kier alpha value is -0.510. The van der Waals surface area contributed by atoms with Crippen molar-refractivity contribution >= 4 is 38.5 Å². The Morgan fingerprint density at radius 2 is 2.11 bits per heavy atom. The Kier molecular flexibility index (Phi) is 4.71. The fourth-order valence-electron chi connectivity index (χ4n) is 2.13. The largest absolute Gasteiger partial charge is 0.458 e. The van der Waals surface area contributed by atoms with Crippen molar-refractivity contribution < 1.29 is 4.42 Å². The molecule has 0 radical (unpaired) electrons. The minimum atomic E-state index is 0.738. The monoisotopic (exact) mass is 329 g/mol. The Labute approximate surface area is 121 Å². The van der Waals surface area contributed by atoms with Crippen LogP contribution in [0.2, 0.25) is 5.02 Å². The van der Waals surface area contributed by atoms with Gasteiger partial charge in [-0.25, -0.2) is 0 Å². The first-order chi connectivity index (χ1) is 8.67. The second kappa shape index (κ2) is 6.09. The van der Waals surface area contributed by atoms with Crippen LogP contribution in [0.4, 0.5) is 0 Å². The summed E-state index contributed by atoms with van der Waals surface area (Å²) in [5.74, 6) is 1.02. The quantitative estimate of drug-likeness (QED) is 0.842. The smallest absolute Gasteiger partial charge is 0.148 e. The SMILES string of the molecule is CCCc1c(CNCC)oc2c(Br)cc(Cl)cc12. The van der Waals surface area contributed by atoms with Crippen LogP contribution < -0.4 is 5.32 Å². The van der Waals surface area contributed by atoms with E-state index in [4.69, 9.17) is 16.0 Å². The van der Waals surface area contributed by atoms with Crippen molar-refractivity contribution in [1.82, 2.24) is 5.32 Å². The zero-order chi connectivity index (χ0) is 13.1. The van der Waals surface area contributed by atoms with Crippen molar-refractivity contribution in [1.29, 1.82) is 0 Å². The maximum atomic E-state index is 6.12. The fraction of sp³-hybridized carbons (Fsp3) is 0.429. The van der Waals surface area contributed by atoms with Crippen LogP contribution in [0.3, 0.4) is 0 Å². The highest BCUT2D eigenvalue weighted by atomic mass is 79.9. The summed E-state index contributed by atoms with van der Waals surface area (Å²) in [4.78, 5) is 0. The van der Waals surface area contributed by atoms with Crippen LogP contribution in [-0.4, -0.2) is 6.54 Å².